The summed E-state index contributed by atoms with van der Waals surface area (Å²) in [5.41, 5.74) is 1.11. The lowest BCUT2D eigenvalue weighted by atomic mass is 9.95. The van der Waals surface area contributed by atoms with E-state index in [0.717, 1.165) is 32.0 Å². The Kier molecular flexibility index (Phi) is 3.74. The van der Waals surface area contributed by atoms with E-state index in [1.807, 2.05) is 0 Å². The van der Waals surface area contributed by atoms with E-state index in [9.17, 15) is 9.18 Å². The van der Waals surface area contributed by atoms with Crippen LogP contribution in [0.15, 0.2) is 18.2 Å². The quantitative estimate of drug-likeness (QED) is 0.920. The molecule has 0 unspecified atom stereocenters. The van der Waals surface area contributed by atoms with E-state index in [1.54, 1.807) is 19.1 Å². The maximum absolute atomic E-state index is 13.5. The van der Waals surface area contributed by atoms with Crippen LogP contribution in [0.5, 0.6) is 0 Å². The van der Waals surface area contributed by atoms with Crippen LogP contribution < -0.4 is 5.32 Å². The highest BCUT2D eigenvalue weighted by atomic mass is 19.1. The third-order valence-electron chi connectivity index (χ3n) is 4.49. The zero-order chi connectivity index (χ0) is 14.1. The normalized spacial score (nSPS) is 20.9. The Balaban J connectivity index is 1.58. The van der Waals surface area contributed by atoms with Gasteiger partial charge in [0.25, 0.3) is 0 Å². The van der Waals surface area contributed by atoms with Gasteiger partial charge in [0.05, 0.1) is 0 Å². The van der Waals surface area contributed by atoms with Crippen LogP contribution in [-0.4, -0.2) is 29.9 Å². The number of halogens is 1. The number of amides is 1. The van der Waals surface area contributed by atoms with Gasteiger partial charge in [-0.3, -0.25) is 4.79 Å². The number of rotatable bonds is 3. The van der Waals surface area contributed by atoms with Crippen molar-refractivity contribution in [3.8, 4) is 0 Å². The van der Waals surface area contributed by atoms with E-state index in [0.29, 0.717) is 11.3 Å². The third-order valence-corrected chi connectivity index (χ3v) is 4.49. The molecule has 1 aliphatic heterocycles. The molecular formula is C16H21FN2O. The summed E-state index contributed by atoms with van der Waals surface area (Å²) in [5, 5.41) is 2.88. The van der Waals surface area contributed by atoms with Gasteiger partial charge in [-0.2, -0.15) is 0 Å². The Bertz CT molecular complexity index is 505. The number of likely N-dealkylation sites (tertiary alicyclic amines) is 1. The van der Waals surface area contributed by atoms with Gasteiger partial charge in [0.1, 0.15) is 5.82 Å². The molecule has 1 N–H and O–H groups in total. The molecule has 0 bridgehead atoms. The molecule has 0 aromatic heterocycles. The standard InChI is InChI=1S/C16H21FN2O/c1-11-14(17)3-2-4-15(11)18-16(20)12-7-9-19(10-8-12)13-5-6-13/h2-4,12-13H,5-10H2,1H3,(H,18,20). The summed E-state index contributed by atoms with van der Waals surface area (Å²) in [6.07, 6.45) is 4.46. The molecule has 1 amide bonds. The van der Waals surface area contributed by atoms with Gasteiger partial charge in [0.2, 0.25) is 5.91 Å². The maximum Gasteiger partial charge on any atom is 0.227 e. The van der Waals surface area contributed by atoms with Crippen molar-refractivity contribution in [1.82, 2.24) is 4.90 Å². The Morgan fingerprint density at radius 1 is 1.25 bits per heavy atom. The van der Waals surface area contributed by atoms with Crippen LogP contribution in [0.25, 0.3) is 0 Å². The van der Waals surface area contributed by atoms with Crippen LogP contribution in [0.3, 0.4) is 0 Å². The second kappa shape index (κ2) is 5.52. The van der Waals surface area contributed by atoms with Crippen molar-refractivity contribution in [2.45, 2.75) is 38.6 Å². The molecule has 1 saturated carbocycles. The molecule has 1 saturated heterocycles. The van der Waals surface area contributed by atoms with Gasteiger partial charge in [-0.05, 0) is 57.8 Å². The number of carbonyl (C=O) groups is 1. The van der Waals surface area contributed by atoms with E-state index in [2.05, 4.69) is 10.2 Å². The molecule has 3 rings (SSSR count). The number of carbonyl (C=O) groups excluding carboxylic acids is 1. The van der Waals surface area contributed by atoms with Crippen LogP contribution in [0.1, 0.15) is 31.2 Å². The van der Waals surface area contributed by atoms with Gasteiger partial charge in [-0.25, -0.2) is 4.39 Å². The van der Waals surface area contributed by atoms with Crippen molar-refractivity contribution in [2.24, 2.45) is 5.92 Å². The van der Waals surface area contributed by atoms with E-state index < -0.39 is 0 Å². The number of anilines is 1. The molecule has 2 aliphatic rings. The average molecular weight is 276 g/mol. The summed E-state index contributed by atoms with van der Waals surface area (Å²) in [6.45, 7) is 3.73. The molecule has 3 nitrogen and oxygen atoms in total. The zero-order valence-corrected chi connectivity index (χ0v) is 11.9. The van der Waals surface area contributed by atoms with Gasteiger partial charge in [-0.1, -0.05) is 6.07 Å². The number of hydrogen-bond donors (Lipinski definition) is 1. The molecular weight excluding hydrogens is 255 g/mol. The first-order chi connectivity index (χ1) is 9.65. The molecule has 1 aliphatic carbocycles. The largest absolute Gasteiger partial charge is 0.326 e. The van der Waals surface area contributed by atoms with Crippen LogP contribution >= 0.6 is 0 Å². The second-order valence-electron chi connectivity index (χ2n) is 5.94. The third kappa shape index (κ3) is 2.85. The number of piperidine rings is 1. The smallest absolute Gasteiger partial charge is 0.227 e. The van der Waals surface area contributed by atoms with Crippen LogP contribution in [0.2, 0.25) is 0 Å². The fourth-order valence-electron chi connectivity index (χ4n) is 2.94. The monoisotopic (exact) mass is 276 g/mol. The minimum Gasteiger partial charge on any atom is -0.326 e. The molecule has 4 heteroatoms. The average Bonchev–Trinajstić information content (AvgIpc) is 3.29. The van der Waals surface area contributed by atoms with Crippen molar-refractivity contribution in [2.75, 3.05) is 18.4 Å². The second-order valence-corrected chi connectivity index (χ2v) is 5.94. The van der Waals surface area contributed by atoms with Crippen LogP contribution in [0.4, 0.5) is 10.1 Å². The topological polar surface area (TPSA) is 32.3 Å². The van der Waals surface area contributed by atoms with Crippen molar-refractivity contribution in [3.05, 3.63) is 29.6 Å². The molecule has 1 aromatic rings. The number of nitrogens with one attached hydrogen (secondary N) is 1. The van der Waals surface area contributed by atoms with Crippen molar-refractivity contribution in [3.63, 3.8) is 0 Å². The Morgan fingerprint density at radius 3 is 2.60 bits per heavy atom. The Morgan fingerprint density at radius 2 is 1.95 bits per heavy atom. The maximum atomic E-state index is 13.5. The van der Waals surface area contributed by atoms with Crippen molar-refractivity contribution < 1.29 is 9.18 Å². The van der Waals surface area contributed by atoms with Gasteiger partial charge < -0.3 is 10.2 Å². The predicted octanol–water partition coefficient (Wildman–Crippen LogP) is 2.95. The predicted molar refractivity (Wildman–Crippen MR) is 77.1 cm³/mol. The zero-order valence-electron chi connectivity index (χ0n) is 11.9. The summed E-state index contributed by atoms with van der Waals surface area (Å²) in [5.74, 6) is -0.173. The molecule has 1 heterocycles. The van der Waals surface area contributed by atoms with Crippen molar-refractivity contribution in [1.29, 1.82) is 0 Å². The minimum atomic E-state index is -0.272. The highest BCUT2D eigenvalue weighted by molar-refractivity contribution is 5.93. The van der Waals surface area contributed by atoms with Crippen LogP contribution in [0, 0.1) is 18.7 Å². The molecule has 0 atom stereocenters. The van der Waals surface area contributed by atoms with Gasteiger partial charge in [0, 0.05) is 23.2 Å². The first kappa shape index (κ1) is 13.6. The summed E-state index contributed by atoms with van der Waals surface area (Å²) in [6, 6.07) is 5.59. The Hall–Kier alpha value is -1.42. The number of nitrogens with zero attached hydrogens (tertiary/aromatic N) is 1. The SMILES string of the molecule is Cc1c(F)cccc1NC(=O)C1CCN(C2CC2)CC1. The van der Waals surface area contributed by atoms with E-state index in [1.165, 1.54) is 18.9 Å². The lowest BCUT2D eigenvalue weighted by Crippen LogP contribution is -2.39. The highest BCUT2D eigenvalue weighted by Crippen LogP contribution is 2.31. The Labute approximate surface area is 119 Å². The molecule has 0 spiro atoms. The molecule has 108 valence electrons. The summed E-state index contributed by atoms with van der Waals surface area (Å²) in [4.78, 5) is 14.8. The van der Waals surface area contributed by atoms with E-state index in [4.69, 9.17) is 0 Å². The molecule has 20 heavy (non-hydrogen) atoms. The number of hydrogen-bond acceptors (Lipinski definition) is 2. The van der Waals surface area contributed by atoms with Gasteiger partial charge in [0.15, 0.2) is 0 Å². The van der Waals surface area contributed by atoms with Gasteiger partial charge >= 0.3 is 0 Å². The van der Waals surface area contributed by atoms with Gasteiger partial charge in [-0.15, -0.1) is 0 Å². The summed E-state index contributed by atoms with van der Waals surface area (Å²) < 4.78 is 13.5. The number of benzene rings is 1. The van der Waals surface area contributed by atoms with E-state index in [-0.39, 0.29) is 17.6 Å². The highest BCUT2D eigenvalue weighted by Gasteiger charge is 2.33. The molecule has 0 radical (unpaired) electrons. The van der Waals surface area contributed by atoms with Crippen LogP contribution in [-0.2, 0) is 4.79 Å². The molecule has 1 aromatic carbocycles. The minimum absolute atomic E-state index is 0.0362. The fraction of sp³-hybridized carbons (Fsp3) is 0.562. The lowest BCUT2D eigenvalue weighted by molar-refractivity contribution is -0.121. The van der Waals surface area contributed by atoms with E-state index >= 15 is 0 Å². The summed E-state index contributed by atoms with van der Waals surface area (Å²) in [7, 11) is 0. The van der Waals surface area contributed by atoms with Crippen molar-refractivity contribution >= 4 is 11.6 Å². The molecule has 2 fully saturated rings. The summed E-state index contributed by atoms with van der Waals surface area (Å²) >= 11 is 0. The first-order valence-electron chi connectivity index (χ1n) is 7.45. The first-order valence-corrected chi connectivity index (χ1v) is 7.45. The lowest BCUT2D eigenvalue weighted by Gasteiger charge is -2.31. The fourth-order valence-corrected chi connectivity index (χ4v) is 2.94.